The van der Waals surface area contributed by atoms with Gasteiger partial charge >= 0.3 is 0 Å². The van der Waals surface area contributed by atoms with Crippen molar-refractivity contribution < 1.29 is 4.79 Å². The highest BCUT2D eigenvalue weighted by Crippen LogP contribution is 2.07. The molecular weight excluding hydrogens is 278 g/mol. The molecule has 0 aliphatic rings. The molecular formula is C7H6BrN7O. The fraction of sp³-hybridized carbons (Fsp3) is 0. The Balaban J connectivity index is 2.10. The number of anilines is 2. The standard InChI is InChI=1S/C7H6BrN7O/c8-3-1-11-4(2-10-3)12-6(16)5-13-7(9)15-14-5/h1-2H,(H,11,12,16)(H3,9,13,14,15). The summed E-state index contributed by atoms with van der Waals surface area (Å²) in [6.07, 6.45) is 2.87. The molecule has 2 rings (SSSR count). The second kappa shape index (κ2) is 4.23. The Morgan fingerprint density at radius 1 is 1.44 bits per heavy atom. The number of amides is 1. The fourth-order valence-electron chi connectivity index (χ4n) is 0.929. The Morgan fingerprint density at radius 3 is 2.81 bits per heavy atom. The van der Waals surface area contributed by atoms with E-state index in [1.54, 1.807) is 0 Å². The van der Waals surface area contributed by atoms with Gasteiger partial charge in [-0.2, -0.15) is 4.98 Å². The average Bonchev–Trinajstić information content (AvgIpc) is 2.68. The summed E-state index contributed by atoms with van der Waals surface area (Å²) in [6.45, 7) is 0. The molecule has 8 nitrogen and oxygen atoms in total. The molecule has 0 unspecified atom stereocenters. The first-order valence-corrected chi connectivity index (χ1v) is 4.91. The number of halogens is 1. The van der Waals surface area contributed by atoms with Gasteiger partial charge in [0.05, 0.1) is 12.4 Å². The van der Waals surface area contributed by atoms with Crippen molar-refractivity contribution in [1.29, 1.82) is 0 Å². The molecule has 0 fully saturated rings. The Bertz CT molecular complexity index is 508. The Morgan fingerprint density at radius 2 is 2.25 bits per heavy atom. The first kappa shape index (κ1) is 10.5. The summed E-state index contributed by atoms with van der Waals surface area (Å²) in [5.41, 5.74) is 5.26. The zero-order chi connectivity index (χ0) is 11.5. The van der Waals surface area contributed by atoms with Gasteiger partial charge in [0, 0.05) is 0 Å². The topological polar surface area (TPSA) is 122 Å². The number of nitrogens with one attached hydrogen (secondary N) is 2. The molecule has 0 aliphatic heterocycles. The van der Waals surface area contributed by atoms with E-state index < -0.39 is 5.91 Å². The summed E-state index contributed by atoms with van der Waals surface area (Å²) in [5.74, 6) is -0.154. The molecule has 0 aromatic carbocycles. The lowest BCUT2D eigenvalue weighted by Gasteiger charge is -2.00. The van der Waals surface area contributed by atoms with Gasteiger partial charge in [0.2, 0.25) is 11.8 Å². The van der Waals surface area contributed by atoms with Crippen LogP contribution >= 0.6 is 15.9 Å². The van der Waals surface area contributed by atoms with Crippen LogP contribution in [-0.2, 0) is 0 Å². The van der Waals surface area contributed by atoms with Crippen molar-refractivity contribution in [2.75, 3.05) is 11.1 Å². The number of nitrogens with two attached hydrogens (primary N) is 1. The number of hydrogen-bond acceptors (Lipinski definition) is 6. The van der Waals surface area contributed by atoms with Crippen molar-refractivity contribution >= 4 is 33.6 Å². The summed E-state index contributed by atoms with van der Waals surface area (Å²) in [4.78, 5) is 23.0. The minimum absolute atomic E-state index is 0.00652. The molecule has 16 heavy (non-hydrogen) atoms. The van der Waals surface area contributed by atoms with Gasteiger partial charge in [0.25, 0.3) is 5.91 Å². The second-order valence-corrected chi connectivity index (χ2v) is 3.53. The van der Waals surface area contributed by atoms with Gasteiger partial charge in [-0.05, 0) is 15.9 Å². The van der Waals surface area contributed by atoms with Crippen molar-refractivity contribution in [2.24, 2.45) is 0 Å². The highest BCUT2D eigenvalue weighted by Gasteiger charge is 2.11. The Labute approximate surface area is 97.8 Å². The van der Waals surface area contributed by atoms with Crippen LogP contribution in [0.5, 0.6) is 0 Å². The van der Waals surface area contributed by atoms with Gasteiger partial charge < -0.3 is 11.1 Å². The van der Waals surface area contributed by atoms with Crippen molar-refractivity contribution in [3.8, 4) is 0 Å². The van der Waals surface area contributed by atoms with E-state index in [1.165, 1.54) is 12.4 Å². The molecule has 0 saturated heterocycles. The van der Waals surface area contributed by atoms with E-state index in [0.717, 1.165) is 0 Å². The molecule has 2 heterocycles. The first-order chi connectivity index (χ1) is 7.65. The first-order valence-electron chi connectivity index (χ1n) is 4.12. The van der Waals surface area contributed by atoms with Gasteiger partial charge in [-0.3, -0.25) is 9.89 Å². The number of rotatable bonds is 2. The number of aromatic nitrogens is 5. The molecule has 0 bridgehead atoms. The van der Waals surface area contributed by atoms with Crippen LogP contribution in [0.25, 0.3) is 0 Å². The van der Waals surface area contributed by atoms with Crippen LogP contribution in [0, 0.1) is 0 Å². The number of carbonyl (C=O) groups excluding carboxylic acids is 1. The third-order valence-electron chi connectivity index (χ3n) is 1.58. The lowest BCUT2D eigenvalue weighted by atomic mass is 10.5. The van der Waals surface area contributed by atoms with E-state index in [9.17, 15) is 4.79 Å². The van der Waals surface area contributed by atoms with Crippen LogP contribution < -0.4 is 11.1 Å². The van der Waals surface area contributed by atoms with Crippen LogP contribution in [0.4, 0.5) is 11.8 Å². The largest absolute Gasteiger partial charge is 0.366 e. The molecule has 0 saturated carbocycles. The molecule has 82 valence electrons. The van der Waals surface area contributed by atoms with Crippen LogP contribution in [0.3, 0.4) is 0 Å². The van der Waals surface area contributed by atoms with E-state index >= 15 is 0 Å². The number of nitrogen functional groups attached to an aromatic ring is 1. The van der Waals surface area contributed by atoms with Gasteiger partial charge in [0.1, 0.15) is 4.60 Å². The maximum Gasteiger partial charge on any atom is 0.294 e. The number of nitrogens with zero attached hydrogens (tertiary/aromatic N) is 4. The lowest BCUT2D eigenvalue weighted by molar-refractivity contribution is 0.101. The van der Waals surface area contributed by atoms with E-state index in [2.05, 4.69) is 46.4 Å². The number of carbonyl (C=O) groups is 1. The van der Waals surface area contributed by atoms with Gasteiger partial charge in [-0.1, -0.05) is 0 Å². The van der Waals surface area contributed by atoms with E-state index in [4.69, 9.17) is 5.73 Å². The minimum atomic E-state index is -0.485. The van der Waals surface area contributed by atoms with Crippen LogP contribution in [0.15, 0.2) is 17.0 Å². The Kier molecular flexibility index (Phi) is 2.77. The maximum absolute atomic E-state index is 11.5. The average molecular weight is 284 g/mol. The highest BCUT2D eigenvalue weighted by molar-refractivity contribution is 9.10. The smallest absolute Gasteiger partial charge is 0.294 e. The zero-order valence-corrected chi connectivity index (χ0v) is 9.39. The van der Waals surface area contributed by atoms with E-state index in [1.807, 2.05) is 0 Å². The van der Waals surface area contributed by atoms with Gasteiger partial charge in [0.15, 0.2) is 5.82 Å². The SMILES string of the molecule is Nc1n[nH]c(C(=O)Nc2cnc(Br)cn2)n1. The molecule has 9 heteroatoms. The van der Waals surface area contributed by atoms with Crippen molar-refractivity contribution in [1.82, 2.24) is 25.1 Å². The highest BCUT2D eigenvalue weighted by atomic mass is 79.9. The molecule has 1 amide bonds. The molecule has 0 atom stereocenters. The summed E-state index contributed by atoms with van der Waals surface area (Å²) in [5, 5.41) is 8.39. The van der Waals surface area contributed by atoms with Crippen LogP contribution in [0.2, 0.25) is 0 Å². The predicted octanol–water partition coefficient (Wildman–Crippen LogP) is 0.192. The molecule has 0 spiro atoms. The van der Waals surface area contributed by atoms with Gasteiger partial charge in [-0.25, -0.2) is 9.97 Å². The second-order valence-electron chi connectivity index (χ2n) is 2.72. The lowest BCUT2D eigenvalue weighted by Crippen LogP contribution is -2.14. The summed E-state index contributed by atoms with van der Waals surface area (Å²) in [7, 11) is 0. The summed E-state index contributed by atoms with van der Waals surface area (Å²) < 4.78 is 0.578. The minimum Gasteiger partial charge on any atom is -0.366 e. The zero-order valence-electron chi connectivity index (χ0n) is 7.81. The normalized spacial score (nSPS) is 10.1. The van der Waals surface area contributed by atoms with Crippen molar-refractivity contribution in [3.05, 3.63) is 22.8 Å². The third-order valence-corrected chi connectivity index (χ3v) is 1.99. The van der Waals surface area contributed by atoms with Gasteiger partial charge in [-0.15, -0.1) is 5.10 Å². The summed E-state index contributed by atoms with van der Waals surface area (Å²) >= 11 is 3.13. The third kappa shape index (κ3) is 2.31. The van der Waals surface area contributed by atoms with Crippen LogP contribution in [0.1, 0.15) is 10.6 Å². The Hall–Kier alpha value is -2.03. The molecule has 2 aromatic rings. The van der Waals surface area contributed by atoms with E-state index in [0.29, 0.717) is 10.4 Å². The number of hydrogen-bond donors (Lipinski definition) is 3. The molecule has 2 aromatic heterocycles. The monoisotopic (exact) mass is 283 g/mol. The molecule has 4 N–H and O–H groups in total. The maximum atomic E-state index is 11.5. The predicted molar refractivity (Wildman–Crippen MR) is 58.5 cm³/mol. The summed E-state index contributed by atoms with van der Waals surface area (Å²) in [6, 6.07) is 0. The van der Waals surface area contributed by atoms with Crippen molar-refractivity contribution in [2.45, 2.75) is 0 Å². The number of H-pyrrole nitrogens is 1. The van der Waals surface area contributed by atoms with Crippen LogP contribution in [-0.4, -0.2) is 31.1 Å². The number of aromatic amines is 1. The quantitative estimate of drug-likeness (QED) is 0.723. The molecule has 0 aliphatic carbocycles. The van der Waals surface area contributed by atoms with E-state index in [-0.39, 0.29) is 11.8 Å². The molecule has 0 radical (unpaired) electrons. The van der Waals surface area contributed by atoms with Crippen molar-refractivity contribution in [3.63, 3.8) is 0 Å². The fourth-order valence-corrected chi connectivity index (χ4v) is 1.13.